The minimum atomic E-state index is 0.114. The smallest absolute Gasteiger partial charge is 0.191 e. The Morgan fingerprint density at radius 2 is 2.03 bits per heavy atom. The van der Waals surface area contributed by atoms with E-state index in [1.54, 1.807) is 11.3 Å². The molecule has 0 amide bonds. The largest absolute Gasteiger partial charge is 0.356 e. The van der Waals surface area contributed by atoms with Gasteiger partial charge in [0, 0.05) is 56.1 Å². The van der Waals surface area contributed by atoms with Crippen LogP contribution in [-0.2, 0) is 11.8 Å². The molecule has 2 N–H and O–H groups in total. The second-order valence-electron chi connectivity index (χ2n) is 8.72. The van der Waals surface area contributed by atoms with Crippen molar-refractivity contribution in [2.24, 2.45) is 4.99 Å². The molecule has 2 aromatic rings. The van der Waals surface area contributed by atoms with Gasteiger partial charge < -0.3 is 15.5 Å². The molecule has 0 radical (unpaired) electrons. The van der Waals surface area contributed by atoms with Crippen LogP contribution in [0.4, 0.5) is 5.82 Å². The molecule has 0 atom stereocenters. The van der Waals surface area contributed by atoms with Crippen LogP contribution in [0.5, 0.6) is 0 Å². The monoisotopic (exact) mass is 414 g/mol. The van der Waals surface area contributed by atoms with Gasteiger partial charge in [-0.25, -0.2) is 9.97 Å². The molecule has 29 heavy (non-hydrogen) atoms. The third-order valence-electron chi connectivity index (χ3n) is 5.23. The summed E-state index contributed by atoms with van der Waals surface area (Å²) in [5.74, 6) is 1.96. The van der Waals surface area contributed by atoms with E-state index in [1.807, 2.05) is 13.2 Å². The van der Waals surface area contributed by atoms with Crippen molar-refractivity contribution in [1.82, 2.24) is 20.6 Å². The summed E-state index contributed by atoms with van der Waals surface area (Å²) in [6, 6.07) is 4.69. The molecule has 0 aromatic carbocycles. The summed E-state index contributed by atoms with van der Waals surface area (Å²) >= 11 is 1.75. The number of thiazole rings is 1. The predicted molar refractivity (Wildman–Crippen MR) is 123 cm³/mol. The van der Waals surface area contributed by atoms with Crippen molar-refractivity contribution in [2.75, 3.05) is 31.6 Å². The van der Waals surface area contributed by atoms with Crippen LogP contribution in [0.25, 0.3) is 0 Å². The van der Waals surface area contributed by atoms with Gasteiger partial charge in [0.1, 0.15) is 5.82 Å². The number of hydrogen-bond acceptors (Lipinski definition) is 5. The number of nitrogens with one attached hydrogen (secondary N) is 2. The maximum Gasteiger partial charge on any atom is 0.191 e. The number of rotatable bonds is 5. The average Bonchev–Trinajstić information content (AvgIpc) is 3.18. The second kappa shape index (κ2) is 9.57. The Labute approximate surface area is 178 Å². The first-order chi connectivity index (χ1) is 13.8. The number of aryl methyl sites for hydroxylation is 1. The van der Waals surface area contributed by atoms with Crippen LogP contribution in [-0.4, -0.2) is 48.7 Å². The molecule has 7 heteroatoms. The van der Waals surface area contributed by atoms with E-state index in [-0.39, 0.29) is 5.41 Å². The van der Waals surface area contributed by atoms with Crippen molar-refractivity contribution in [2.45, 2.75) is 58.4 Å². The van der Waals surface area contributed by atoms with Crippen molar-refractivity contribution in [3.8, 4) is 0 Å². The number of hydrogen-bond donors (Lipinski definition) is 2. The summed E-state index contributed by atoms with van der Waals surface area (Å²) in [7, 11) is 1.84. The summed E-state index contributed by atoms with van der Waals surface area (Å²) in [6.45, 7) is 11.5. The molecule has 0 saturated carbocycles. The van der Waals surface area contributed by atoms with Gasteiger partial charge in [-0.05, 0) is 31.4 Å². The van der Waals surface area contributed by atoms with Gasteiger partial charge >= 0.3 is 0 Å². The Morgan fingerprint density at radius 3 is 2.62 bits per heavy atom. The SMILES string of the molecule is CN=C(NCCc1nc(C(C)(C)C)cs1)NC1CCN(c2ccc(C)cn2)CC1. The van der Waals surface area contributed by atoms with Crippen molar-refractivity contribution in [3.63, 3.8) is 0 Å². The topological polar surface area (TPSA) is 65.4 Å². The van der Waals surface area contributed by atoms with E-state index in [0.29, 0.717) is 6.04 Å². The molecule has 0 bridgehead atoms. The molecule has 1 aliphatic rings. The van der Waals surface area contributed by atoms with Crippen LogP contribution >= 0.6 is 11.3 Å². The number of nitrogens with zero attached hydrogens (tertiary/aromatic N) is 4. The summed E-state index contributed by atoms with van der Waals surface area (Å²) in [4.78, 5) is 16.1. The van der Waals surface area contributed by atoms with Crippen LogP contribution in [0.1, 0.15) is 49.9 Å². The normalized spacial score (nSPS) is 16.2. The number of piperidine rings is 1. The van der Waals surface area contributed by atoms with E-state index in [9.17, 15) is 0 Å². The molecule has 0 spiro atoms. The Balaban J connectivity index is 1.41. The van der Waals surface area contributed by atoms with Crippen molar-refractivity contribution in [3.05, 3.63) is 40.0 Å². The van der Waals surface area contributed by atoms with E-state index in [4.69, 9.17) is 4.98 Å². The lowest BCUT2D eigenvalue weighted by Crippen LogP contribution is -2.49. The Hall–Kier alpha value is -2.15. The van der Waals surface area contributed by atoms with Gasteiger partial charge in [0.2, 0.25) is 0 Å². The standard InChI is InChI=1S/C22H34N6S/c1-16-6-7-19(25-14-16)28-12-9-17(10-13-28)26-21(23-5)24-11-8-20-27-18(15-29-20)22(2,3)4/h6-7,14-15,17H,8-13H2,1-5H3,(H2,23,24,26). The van der Waals surface area contributed by atoms with Crippen LogP contribution in [0.3, 0.4) is 0 Å². The fourth-order valence-corrected chi connectivity index (χ4v) is 4.37. The predicted octanol–water partition coefficient (Wildman–Crippen LogP) is 3.52. The number of aliphatic imine (C=N–C) groups is 1. The quantitative estimate of drug-likeness (QED) is 0.579. The molecule has 3 rings (SSSR count). The maximum absolute atomic E-state index is 4.77. The molecule has 2 aromatic heterocycles. The zero-order valence-electron chi connectivity index (χ0n) is 18.3. The van der Waals surface area contributed by atoms with E-state index in [0.717, 1.165) is 50.7 Å². The van der Waals surface area contributed by atoms with E-state index in [2.05, 4.69) is 70.7 Å². The molecule has 1 saturated heterocycles. The lowest BCUT2D eigenvalue weighted by molar-refractivity contribution is 0.459. The van der Waals surface area contributed by atoms with Gasteiger partial charge in [0.05, 0.1) is 10.7 Å². The number of guanidine groups is 1. The summed E-state index contributed by atoms with van der Waals surface area (Å²) in [5, 5.41) is 10.4. The zero-order valence-corrected chi connectivity index (χ0v) is 19.1. The van der Waals surface area contributed by atoms with E-state index < -0.39 is 0 Å². The van der Waals surface area contributed by atoms with Crippen LogP contribution in [0, 0.1) is 6.92 Å². The maximum atomic E-state index is 4.77. The highest BCUT2D eigenvalue weighted by molar-refractivity contribution is 7.09. The van der Waals surface area contributed by atoms with Crippen molar-refractivity contribution in [1.29, 1.82) is 0 Å². The van der Waals surface area contributed by atoms with Gasteiger partial charge in [0.15, 0.2) is 5.96 Å². The van der Waals surface area contributed by atoms with E-state index in [1.165, 1.54) is 16.3 Å². The summed E-state index contributed by atoms with van der Waals surface area (Å²) in [6.07, 6.45) is 5.02. The first kappa shape index (κ1) is 21.6. The number of pyridine rings is 1. The molecule has 1 fully saturated rings. The van der Waals surface area contributed by atoms with Crippen molar-refractivity contribution >= 4 is 23.1 Å². The van der Waals surface area contributed by atoms with Gasteiger partial charge in [-0.2, -0.15) is 0 Å². The lowest BCUT2D eigenvalue weighted by Gasteiger charge is -2.33. The Morgan fingerprint density at radius 1 is 1.28 bits per heavy atom. The third-order valence-corrected chi connectivity index (χ3v) is 6.14. The minimum absolute atomic E-state index is 0.114. The van der Waals surface area contributed by atoms with Gasteiger partial charge in [-0.3, -0.25) is 4.99 Å². The molecular weight excluding hydrogens is 380 g/mol. The third kappa shape index (κ3) is 6.16. The summed E-state index contributed by atoms with van der Waals surface area (Å²) in [5.41, 5.74) is 2.49. The van der Waals surface area contributed by atoms with Crippen molar-refractivity contribution < 1.29 is 0 Å². The Bertz CT molecular complexity index is 797. The van der Waals surface area contributed by atoms with Crippen LogP contribution in [0.15, 0.2) is 28.7 Å². The second-order valence-corrected chi connectivity index (χ2v) is 9.67. The first-order valence-electron chi connectivity index (χ1n) is 10.4. The first-order valence-corrected chi connectivity index (χ1v) is 11.3. The highest BCUT2D eigenvalue weighted by atomic mass is 32.1. The molecule has 1 aliphatic heterocycles. The van der Waals surface area contributed by atoms with Gasteiger partial charge in [-0.1, -0.05) is 26.8 Å². The molecule has 158 valence electrons. The lowest BCUT2D eigenvalue weighted by atomic mass is 9.93. The van der Waals surface area contributed by atoms with Crippen LogP contribution in [0.2, 0.25) is 0 Å². The number of anilines is 1. The highest BCUT2D eigenvalue weighted by Gasteiger charge is 2.21. The minimum Gasteiger partial charge on any atom is -0.356 e. The average molecular weight is 415 g/mol. The fourth-order valence-electron chi connectivity index (χ4n) is 3.35. The summed E-state index contributed by atoms with van der Waals surface area (Å²) < 4.78 is 0. The van der Waals surface area contributed by atoms with Crippen LogP contribution < -0.4 is 15.5 Å². The van der Waals surface area contributed by atoms with Gasteiger partial charge in [0.25, 0.3) is 0 Å². The molecule has 0 unspecified atom stereocenters. The molecule has 0 aliphatic carbocycles. The Kier molecular flexibility index (Phi) is 7.11. The molecular formula is C22H34N6S. The highest BCUT2D eigenvalue weighted by Crippen LogP contribution is 2.24. The zero-order chi connectivity index (χ0) is 20.9. The molecule has 3 heterocycles. The van der Waals surface area contributed by atoms with E-state index >= 15 is 0 Å². The number of aromatic nitrogens is 2. The fraction of sp³-hybridized carbons (Fsp3) is 0.591. The van der Waals surface area contributed by atoms with Gasteiger partial charge in [-0.15, -0.1) is 11.3 Å². The molecule has 6 nitrogen and oxygen atoms in total.